The summed E-state index contributed by atoms with van der Waals surface area (Å²) >= 11 is 0. The molecule has 0 unspecified atom stereocenters. The van der Waals surface area contributed by atoms with Gasteiger partial charge in [-0.25, -0.2) is 4.79 Å². The highest BCUT2D eigenvalue weighted by atomic mass is 16.6. The Morgan fingerprint density at radius 3 is 1.50 bits per heavy atom. The van der Waals surface area contributed by atoms with Crippen molar-refractivity contribution in [3.05, 3.63) is 12.2 Å². The van der Waals surface area contributed by atoms with Gasteiger partial charge in [0.1, 0.15) is 0 Å². The van der Waals surface area contributed by atoms with Crippen molar-refractivity contribution in [3.8, 4) is 24.7 Å². The van der Waals surface area contributed by atoms with Gasteiger partial charge in [-0.3, -0.25) is 0 Å². The highest BCUT2D eigenvalue weighted by molar-refractivity contribution is 5.53. The Labute approximate surface area is 59.0 Å². The Kier molecular flexibility index (Phi) is 11.2. The first kappa shape index (κ1) is 11.0. The largest absolute Gasteiger partial charge is 0.503 e. The minimum absolute atomic E-state index is 1.47. The fourth-order valence-corrected chi connectivity index (χ4v) is 0.0962. The van der Waals surface area contributed by atoms with E-state index in [0.29, 0.717) is 0 Å². The van der Waals surface area contributed by atoms with E-state index in [2.05, 4.69) is 11.8 Å². The summed E-state index contributed by atoms with van der Waals surface area (Å²) in [6, 6.07) is 0. The molecule has 52 valence electrons. The Hall–Kier alpha value is -1.87. The predicted molar refractivity (Wildman–Crippen MR) is 37.5 cm³/mol. The van der Waals surface area contributed by atoms with E-state index in [1.54, 1.807) is 0 Å². The van der Waals surface area contributed by atoms with Gasteiger partial charge in [-0.05, 0) is 12.2 Å². The van der Waals surface area contributed by atoms with E-state index >= 15 is 0 Å². The number of terminal acetylenes is 2. The molecule has 3 nitrogen and oxygen atoms in total. The summed E-state index contributed by atoms with van der Waals surface area (Å²) in [5, 5.41) is 13.9. The number of carbonyl (C=O) groups is 1. The lowest BCUT2D eigenvalue weighted by molar-refractivity contribution is 0.137. The summed E-state index contributed by atoms with van der Waals surface area (Å²) in [6.45, 7) is 0. The van der Waals surface area contributed by atoms with Gasteiger partial charge in [0.05, 0.1) is 0 Å². The maximum atomic E-state index is 8.56. The van der Waals surface area contributed by atoms with Crippen LogP contribution < -0.4 is 0 Å². The fraction of sp³-hybridized carbons (Fsp3) is 0. The average molecular weight is 138 g/mol. The summed E-state index contributed by atoms with van der Waals surface area (Å²) in [5.41, 5.74) is 0. The summed E-state index contributed by atoms with van der Waals surface area (Å²) in [4.78, 5) is 8.56. The van der Waals surface area contributed by atoms with E-state index in [1.807, 2.05) is 0 Å². The van der Waals surface area contributed by atoms with Crippen LogP contribution in [-0.4, -0.2) is 16.4 Å². The van der Waals surface area contributed by atoms with Crippen LogP contribution in [0.3, 0.4) is 0 Å². The molecular weight excluding hydrogens is 132 g/mol. The lowest BCUT2D eigenvalue weighted by atomic mass is 10.5. The van der Waals surface area contributed by atoms with E-state index < -0.39 is 6.16 Å². The van der Waals surface area contributed by atoms with Gasteiger partial charge < -0.3 is 10.2 Å². The zero-order chi connectivity index (χ0) is 8.41. The molecule has 3 heteroatoms. The zero-order valence-corrected chi connectivity index (χ0v) is 5.11. The van der Waals surface area contributed by atoms with E-state index in [-0.39, 0.29) is 0 Å². The van der Waals surface area contributed by atoms with Gasteiger partial charge >= 0.3 is 6.16 Å². The summed E-state index contributed by atoms with van der Waals surface area (Å²) in [6.07, 6.45) is 10.7. The van der Waals surface area contributed by atoms with Gasteiger partial charge in [0.2, 0.25) is 0 Å². The molecule has 2 N–H and O–H groups in total. The Bertz CT molecular complexity index is 170. The lowest BCUT2D eigenvalue weighted by Gasteiger charge is -1.60. The standard InChI is InChI=1S/C6H4.CH2O3/c1-3-5-6-4-2;2-1(3)4/h1-2,5-6H;(H2,2,3,4). The number of rotatable bonds is 0. The van der Waals surface area contributed by atoms with E-state index in [9.17, 15) is 0 Å². The molecule has 0 aliphatic rings. The molecule has 0 bridgehead atoms. The summed E-state index contributed by atoms with van der Waals surface area (Å²) < 4.78 is 0. The van der Waals surface area contributed by atoms with Gasteiger partial charge in [0, 0.05) is 0 Å². The van der Waals surface area contributed by atoms with Crippen LogP contribution in [0, 0.1) is 24.7 Å². The molecule has 0 saturated carbocycles. The number of hydrogen-bond acceptors (Lipinski definition) is 1. The smallest absolute Gasteiger partial charge is 0.450 e. The van der Waals surface area contributed by atoms with Crippen LogP contribution in [0.1, 0.15) is 0 Å². The third-order valence-electron chi connectivity index (χ3n) is 0.276. The lowest BCUT2D eigenvalue weighted by Crippen LogP contribution is -1.81. The predicted octanol–water partition coefficient (Wildman–Crippen LogP) is 1.03. The zero-order valence-electron chi connectivity index (χ0n) is 5.11. The van der Waals surface area contributed by atoms with Gasteiger partial charge in [0.15, 0.2) is 0 Å². The van der Waals surface area contributed by atoms with Crippen molar-refractivity contribution in [2.45, 2.75) is 0 Å². The average Bonchev–Trinajstić information content (AvgIpc) is 1.82. The van der Waals surface area contributed by atoms with E-state index in [0.717, 1.165) is 0 Å². The highest BCUT2D eigenvalue weighted by Gasteiger charge is 1.70. The molecule has 10 heavy (non-hydrogen) atoms. The van der Waals surface area contributed by atoms with Crippen molar-refractivity contribution in [1.82, 2.24) is 0 Å². The maximum absolute atomic E-state index is 8.56. The molecule has 0 rings (SSSR count). The molecular formula is C7H6O3. The molecule has 0 heterocycles. The Morgan fingerprint density at radius 1 is 1.20 bits per heavy atom. The summed E-state index contributed by atoms with van der Waals surface area (Å²) in [5.74, 6) is 4.49. The van der Waals surface area contributed by atoms with Crippen LogP contribution in [0.2, 0.25) is 0 Å². The monoisotopic (exact) mass is 138 g/mol. The van der Waals surface area contributed by atoms with Gasteiger partial charge in [-0.2, -0.15) is 0 Å². The van der Waals surface area contributed by atoms with Crippen LogP contribution in [0.5, 0.6) is 0 Å². The second kappa shape index (κ2) is 10.2. The molecule has 0 aliphatic heterocycles. The SMILES string of the molecule is C#CC=CC#C.O=C(O)O. The molecule has 0 fully saturated rings. The number of allylic oxidation sites excluding steroid dienone is 2. The highest BCUT2D eigenvalue weighted by Crippen LogP contribution is 1.59. The second-order valence-electron chi connectivity index (χ2n) is 0.949. The van der Waals surface area contributed by atoms with Crippen molar-refractivity contribution in [3.63, 3.8) is 0 Å². The van der Waals surface area contributed by atoms with Crippen molar-refractivity contribution < 1.29 is 15.0 Å². The second-order valence-corrected chi connectivity index (χ2v) is 0.949. The van der Waals surface area contributed by atoms with E-state index in [1.165, 1.54) is 12.2 Å². The van der Waals surface area contributed by atoms with Crippen molar-refractivity contribution in [2.75, 3.05) is 0 Å². The molecule has 0 saturated heterocycles. The number of hydrogen-bond donors (Lipinski definition) is 2. The fourth-order valence-electron chi connectivity index (χ4n) is 0.0962. The minimum Gasteiger partial charge on any atom is -0.450 e. The number of carboxylic acid groups (broad SMARTS) is 2. The van der Waals surface area contributed by atoms with Gasteiger partial charge in [-0.1, -0.05) is 11.8 Å². The first-order valence-electron chi connectivity index (χ1n) is 2.14. The quantitative estimate of drug-likeness (QED) is 0.491. The minimum atomic E-state index is -1.83. The van der Waals surface area contributed by atoms with E-state index in [4.69, 9.17) is 27.9 Å². The topological polar surface area (TPSA) is 57.5 Å². The Morgan fingerprint density at radius 2 is 1.40 bits per heavy atom. The van der Waals surface area contributed by atoms with Crippen LogP contribution in [0.25, 0.3) is 0 Å². The van der Waals surface area contributed by atoms with Crippen LogP contribution in [0.4, 0.5) is 4.79 Å². The first-order chi connectivity index (χ1) is 4.65. The van der Waals surface area contributed by atoms with Crippen molar-refractivity contribution in [1.29, 1.82) is 0 Å². The summed E-state index contributed by atoms with van der Waals surface area (Å²) in [7, 11) is 0. The first-order valence-corrected chi connectivity index (χ1v) is 2.14. The Balaban J connectivity index is 0. The van der Waals surface area contributed by atoms with Gasteiger partial charge in [-0.15, -0.1) is 12.8 Å². The normalized spacial score (nSPS) is 6.60. The van der Waals surface area contributed by atoms with Gasteiger partial charge in [0.25, 0.3) is 0 Å². The molecule has 0 amide bonds. The molecule has 0 aromatic carbocycles. The third kappa shape index (κ3) is 126. The van der Waals surface area contributed by atoms with Crippen LogP contribution in [0.15, 0.2) is 12.2 Å². The molecule has 0 aliphatic carbocycles. The van der Waals surface area contributed by atoms with Crippen molar-refractivity contribution in [2.24, 2.45) is 0 Å². The third-order valence-corrected chi connectivity index (χ3v) is 0.276. The molecule has 0 aromatic heterocycles. The van der Waals surface area contributed by atoms with Crippen molar-refractivity contribution >= 4 is 6.16 Å². The van der Waals surface area contributed by atoms with Crippen LogP contribution in [-0.2, 0) is 0 Å². The molecule has 0 spiro atoms. The van der Waals surface area contributed by atoms with Crippen LogP contribution >= 0.6 is 0 Å². The molecule has 0 radical (unpaired) electrons. The molecule has 0 aromatic rings. The maximum Gasteiger partial charge on any atom is 0.503 e. The molecule has 0 atom stereocenters.